The van der Waals surface area contributed by atoms with Crippen molar-refractivity contribution in [1.82, 2.24) is 4.57 Å². The molecule has 1 heterocycles. The van der Waals surface area contributed by atoms with Crippen molar-refractivity contribution in [3.63, 3.8) is 0 Å². The summed E-state index contributed by atoms with van der Waals surface area (Å²) in [7, 11) is 0. The maximum absolute atomic E-state index is 12.7. The van der Waals surface area contributed by atoms with E-state index in [2.05, 4.69) is 6.92 Å². The van der Waals surface area contributed by atoms with Crippen LogP contribution in [0.3, 0.4) is 0 Å². The number of aromatic nitrogens is 1. The van der Waals surface area contributed by atoms with Crippen LogP contribution in [0.4, 0.5) is 0 Å². The first-order valence-electron chi connectivity index (χ1n) is 8.11. The van der Waals surface area contributed by atoms with E-state index in [4.69, 9.17) is 4.74 Å². The van der Waals surface area contributed by atoms with Gasteiger partial charge in [0.2, 0.25) is 0 Å². The first-order chi connectivity index (χ1) is 12.0. The first-order valence-corrected chi connectivity index (χ1v) is 8.11. The fraction of sp³-hybridized carbons (Fsp3) is 0.200. The summed E-state index contributed by atoms with van der Waals surface area (Å²) in [5.41, 5.74) is 2.32. The molecule has 3 rings (SSSR count). The molecule has 3 aromatic rings. The Labute approximate surface area is 145 Å². The van der Waals surface area contributed by atoms with Crippen molar-refractivity contribution in [2.45, 2.75) is 20.3 Å². The summed E-state index contributed by atoms with van der Waals surface area (Å²) in [6.07, 6.45) is 0.936. The van der Waals surface area contributed by atoms with E-state index in [1.54, 1.807) is 31.2 Å². The summed E-state index contributed by atoms with van der Waals surface area (Å²) < 4.78 is 6.99. The van der Waals surface area contributed by atoms with E-state index in [1.165, 1.54) is 10.1 Å². The lowest BCUT2D eigenvalue weighted by Crippen LogP contribution is -2.20. The highest BCUT2D eigenvalue weighted by atomic mass is 16.5. The van der Waals surface area contributed by atoms with Crippen LogP contribution in [0.15, 0.2) is 48.5 Å². The molecular formula is C20H19NO4. The second-order valence-electron chi connectivity index (χ2n) is 5.80. The van der Waals surface area contributed by atoms with Gasteiger partial charge in [0.05, 0.1) is 11.1 Å². The molecule has 1 aromatic heterocycles. The highest BCUT2D eigenvalue weighted by molar-refractivity contribution is 6.08. The van der Waals surface area contributed by atoms with Crippen LogP contribution < -0.4 is 4.74 Å². The van der Waals surface area contributed by atoms with Crippen molar-refractivity contribution in [2.75, 3.05) is 6.61 Å². The molecule has 0 bridgehead atoms. The van der Waals surface area contributed by atoms with Gasteiger partial charge in [0.25, 0.3) is 5.91 Å². The summed E-state index contributed by atoms with van der Waals surface area (Å²) in [5.74, 6) is -0.741. The Morgan fingerprint density at radius 2 is 1.76 bits per heavy atom. The monoisotopic (exact) mass is 337 g/mol. The molecule has 0 aliphatic heterocycles. The molecule has 0 aliphatic rings. The van der Waals surface area contributed by atoms with Crippen LogP contribution >= 0.6 is 0 Å². The van der Waals surface area contributed by atoms with Crippen molar-refractivity contribution in [3.8, 4) is 5.75 Å². The van der Waals surface area contributed by atoms with Crippen molar-refractivity contribution >= 4 is 22.8 Å². The summed E-state index contributed by atoms with van der Waals surface area (Å²) in [4.78, 5) is 24.2. The summed E-state index contributed by atoms with van der Waals surface area (Å²) in [6.45, 7) is 3.54. The van der Waals surface area contributed by atoms with E-state index in [0.717, 1.165) is 6.42 Å². The van der Waals surface area contributed by atoms with Crippen LogP contribution in [0.25, 0.3) is 10.9 Å². The zero-order valence-corrected chi connectivity index (χ0v) is 14.2. The minimum Gasteiger partial charge on any atom is -0.484 e. The Hall–Kier alpha value is -3.08. The molecule has 5 heteroatoms. The Morgan fingerprint density at radius 1 is 1.08 bits per heavy atom. The maximum atomic E-state index is 12.7. The highest BCUT2D eigenvalue weighted by Gasteiger charge is 2.22. The number of para-hydroxylation sites is 1. The molecular weight excluding hydrogens is 318 g/mol. The molecule has 0 saturated carbocycles. The predicted octanol–water partition coefficient (Wildman–Crippen LogP) is 3.93. The second-order valence-corrected chi connectivity index (χ2v) is 5.80. The molecule has 0 saturated heterocycles. The molecule has 128 valence electrons. The quantitative estimate of drug-likeness (QED) is 0.766. The molecule has 0 amide bonds. The van der Waals surface area contributed by atoms with E-state index >= 15 is 0 Å². The summed E-state index contributed by atoms with van der Waals surface area (Å²) in [5, 5.41) is 10.0. The third-order valence-electron chi connectivity index (χ3n) is 4.27. The number of fused-ring (bicyclic) bond motifs is 1. The smallest absolute Gasteiger partial charge is 0.338 e. The van der Waals surface area contributed by atoms with E-state index in [-0.39, 0.29) is 18.1 Å². The number of hydrogen-bond donors (Lipinski definition) is 1. The Bertz CT molecular complexity index is 938. The van der Waals surface area contributed by atoms with Gasteiger partial charge >= 0.3 is 5.97 Å². The normalized spacial score (nSPS) is 10.8. The third kappa shape index (κ3) is 3.13. The molecule has 0 spiro atoms. The Morgan fingerprint density at radius 3 is 2.40 bits per heavy atom. The van der Waals surface area contributed by atoms with Crippen LogP contribution in [-0.4, -0.2) is 28.2 Å². The number of ether oxygens (including phenoxy) is 1. The molecule has 1 N–H and O–H groups in total. The lowest BCUT2D eigenvalue weighted by Gasteiger charge is -2.09. The molecule has 0 unspecified atom stereocenters. The number of carbonyl (C=O) groups is 2. The van der Waals surface area contributed by atoms with Gasteiger partial charge in [-0.15, -0.1) is 0 Å². The minimum absolute atomic E-state index is 0.149. The topological polar surface area (TPSA) is 68.5 Å². The fourth-order valence-electron chi connectivity index (χ4n) is 2.99. The number of aromatic carboxylic acids is 1. The van der Waals surface area contributed by atoms with Crippen molar-refractivity contribution in [2.24, 2.45) is 0 Å². The number of benzene rings is 2. The minimum atomic E-state index is -1.05. The van der Waals surface area contributed by atoms with E-state index < -0.39 is 5.97 Å². The van der Waals surface area contributed by atoms with Crippen molar-refractivity contribution < 1.29 is 19.4 Å². The summed E-state index contributed by atoms with van der Waals surface area (Å²) in [6, 6.07) is 14.6. The van der Waals surface area contributed by atoms with Gasteiger partial charge in [0.1, 0.15) is 5.75 Å². The molecule has 0 radical (unpaired) electrons. The van der Waals surface area contributed by atoms with Crippen LogP contribution in [0, 0.1) is 6.92 Å². The van der Waals surface area contributed by atoms with Crippen LogP contribution in [0.5, 0.6) is 5.75 Å². The molecule has 5 nitrogen and oxygen atoms in total. The second kappa shape index (κ2) is 6.81. The predicted molar refractivity (Wildman–Crippen MR) is 95.6 cm³/mol. The first kappa shape index (κ1) is 16.8. The number of carbonyl (C=O) groups excluding carboxylic acids is 1. The Balaban J connectivity index is 1.89. The Kier molecular flexibility index (Phi) is 4.57. The average molecular weight is 337 g/mol. The van der Waals surface area contributed by atoms with Crippen molar-refractivity contribution in [1.29, 1.82) is 0 Å². The van der Waals surface area contributed by atoms with Crippen LogP contribution in [0.2, 0.25) is 0 Å². The number of aryl methyl sites for hydroxylation is 1. The van der Waals surface area contributed by atoms with Gasteiger partial charge in [0.15, 0.2) is 6.61 Å². The van der Waals surface area contributed by atoms with Gasteiger partial charge in [-0.2, -0.15) is 0 Å². The zero-order valence-electron chi connectivity index (χ0n) is 14.2. The standard InChI is InChI=1S/C20H19NO4/c1-3-14-8-10-15(11-9-14)25-12-18(22)21-13(2)19(20(23)24)16-6-4-5-7-17(16)21/h4-11H,3,12H2,1-2H3,(H,23,24). The van der Waals surface area contributed by atoms with Gasteiger partial charge in [-0.05, 0) is 37.1 Å². The van der Waals surface area contributed by atoms with Gasteiger partial charge in [-0.25, -0.2) is 4.79 Å². The number of hydrogen-bond acceptors (Lipinski definition) is 3. The largest absolute Gasteiger partial charge is 0.484 e. The van der Waals surface area contributed by atoms with Crippen LogP contribution in [0.1, 0.15) is 33.3 Å². The van der Waals surface area contributed by atoms with Crippen LogP contribution in [-0.2, 0) is 6.42 Å². The van der Waals surface area contributed by atoms with Crippen molar-refractivity contribution in [3.05, 3.63) is 65.4 Å². The van der Waals surface area contributed by atoms with Gasteiger partial charge < -0.3 is 9.84 Å². The number of nitrogens with zero attached hydrogens (tertiary/aromatic N) is 1. The SMILES string of the molecule is CCc1ccc(OCC(=O)n2c(C)c(C(=O)O)c3ccccc32)cc1. The third-order valence-corrected chi connectivity index (χ3v) is 4.27. The van der Waals surface area contributed by atoms with E-state index in [1.807, 2.05) is 24.3 Å². The van der Waals surface area contributed by atoms with Gasteiger partial charge in [-0.1, -0.05) is 37.3 Å². The lowest BCUT2D eigenvalue weighted by atomic mass is 10.1. The molecule has 25 heavy (non-hydrogen) atoms. The maximum Gasteiger partial charge on any atom is 0.338 e. The van der Waals surface area contributed by atoms with Gasteiger partial charge in [0, 0.05) is 11.1 Å². The zero-order chi connectivity index (χ0) is 18.0. The molecule has 0 atom stereocenters. The highest BCUT2D eigenvalue weighted by Crippen LogP contribution is 2.26. The summed E-state index contributed by atoms with van der Waals surface area (Å²) >= 11 is 0. The van der Waals surface area contributed by atoms with Gasteiger partial charge in [-0.3, -0.25) is 9.36 Å². The lowest BCUT2D eigenvalue weighted by molar-refractivity contribution is 0.0698. The fourth-order valence-corrected chi connectivity index (χ4v) is 2.99. The number of carboxylic acid groups (broad SMARTS) is 1. The average Bonchev–Trinajstić information content (AvgIpc) is 2.92. The molecule has 0 fully saturated rings. The number of rotatable bonds is 5. The number of carboxylic acids is 1. The van der Waals surface area contributed by atoms with E-state index in [0.29, 0.717) is 22.3 Å². The molecule has 2 aromatic carbocycles. The van der Waals surface area contributed by atoms with E-state index in [9.17, 15) is 14.7 Å². The molecule has 0 aliphatic carbocycles.